The fourth-order valence-electron chi connectivity index (χ4n) is 7.07. The molecular formula is C25H33N3O. The number of benzene rings is 1. The Labute approximate surface area is 174 Å². The minimum atomic E-state index is 0.145. The molecule has 4 aliphatic carbocycles. The Kier molecular flexibility index (Phi) is 4.56. The molecule has 1 heterocycles. The van der Waals surface area contributed by atoms with Gasteiger partial charge in [0.05, 0.1) is 17.8 Å². The van der Waals surface area contributed by atoms with Gasteiger partial charge in [-0.15, -0.1) is 0 Å². The second-order valence-electron chi connectivity index (χ2n) is 10.1. The SMILES string of the molecule is Cc1nn(-c2ccccc2)c(C)c1CC(=O)N[C@H](C)C12CC3CC(CC(C3)C1)C2. The Morgan fingerprint density at radius 1 is 1.10 bits per heavy atom. The van der Waals surface area contributed by atoms with E-state index < -0.39 is 0 Å². The lowest BCUT2D eigenvalue weighted by Crippen LogP contribution is -2.56. The van der Waals surface area contributed by atoms with Crippen molar-refractivity contribution in [3.8, 4) is 5.69 Å². The maximum Gasteiger partial charge on any atom is 0.224 e. The van der Waals surface area contributed by atoms with E-state index in [0.717, 1.165) is 40.4 Å². The Morgan fingerprint density at radius 2 is 1.69 bits per heavy atom. The van der Waals surface area contributed by atoms with Crippen LogP contribution < -0.4 is 5.32 Å². The van der Waals surface area contributed by atoms with Crippen LogP contribution in [-0.4, -0.2) is 21.7 Å². The molecule has 0 radical (unpaired) electrons. The number of carbonyl (C=O) groups excluding carboxylic acids is 1. The van der Waals surface area contributed by atoms with Gasteiger partial charge >= 0.3 is 0 Å². The number of nitrogens with zero attached hydrogens (tertiary/aromatic N) is 2. The van der Waals surface area contributed by atoms with E-state index in [0.29, 0.717) is 11.8 Å². The molecule has 29 heavy (non-hydrogen) atoms. The molecule has 2 aromatic rings. The summed E-state index contributed by atoms with van der Waals surface area (Å²) in [4.78, 5) is 13.0. The third kappa shape index (κ3) is 3.31. The quantitative estimate of drug-likeness (QED) is 0.799. The molecule has 1 N–H and O–H groups in total. The summed E-state index contributed by atoms with van der Waals surface area (Å²) in [6.45, 7) is 6.34. The number of aromatic nitrogens is 2. The summed E-state index contributed by atoms with van der Waals surface area (Å²) in [6.07, 6.45) is 8.71. The number of hydrogen-bond acceptors (Lipinski definition) is 2. The third-order valence-electron chi connectivity index (χ3n) is 8.16. The van der Waals surface area contributed by atoms with Gasteiger partial charge in [0.1, 0.15) is 0 Å². The first-order valence-electron chi connectivity index (χ1n) is 11.3. The number of para-hydroxylation sites is 1. The van der Waals surface area contributed by atoms with E-state index in [2.05, 4.69) is 31.3 Å². The van der Waals surface area contributed by atoms with Gasteiger partial charge in [0.2, 0.25) is 5.91 Å². The van der Waals surface area contributed by atoms with Crippen molar-refractivity contribution >= 4 is 5.91 Å². The Balaban J connectivity index is 1.30. The molecule has 1 atom stereocenters. The molecule has 1 aromatic carbocycles. The molecular weight excluding hydrogens is 358 g/mol. The first-order valence-corrected chi connectivity index (χ1v) is 11.3. The van der Waals surface area contributed by atoms with Crippen LogP contribution in [-0.2, 0) is 11.2 Å². The van der Waals surface area contributed by atoms with E-state index in [1.54, 1.807) is 0 Å². The molecule has 0 aliphatic heterocycles. The average molecular weight is 392 g/mol. The highest BCUT2D eigenvalue weighted by atomic mass is 16.1. The van der Waals surface area contributed by atoms with Crippen molar-refractivity contribution in [1.82, 2.24) is 15.1 Å². The molecule has 4 fully saturated rings. The predicted molar refractivity (Wildman–Crippen MR) is 115 cm³/mol. The van der Waals surface area contributed by atoms with Gasteiger partial charge in [0.15, 0.2) is 0 Å². The lowest BCUT2D eigenvalue weighted by molar-refractivity contribution is -0.125. The van der Waals surface area contributed by atoms with Crippen LogP contribution in [0.25, 0.3) is 5.69 Å². The van der Waals surface area contributed by atoms with Gasteiger partial charge in [-0.25, -0.2) is 4.68 Å². The van der Waals surface area contributed by atoms with Crippen molar-refractivity contribution in [3.63, 3.8) is 0 Å². The van der Waals surface area contributed by atoms with Crippen molar-refractivity contribution in [1.29, 1.82) is 0 Å². The van der Waals surface area contributed by atoms with Gasteiger partial charge in [-0.05, 0) is 94.6 Å². The Hall–Kier alpha value is -2.10. The molecule has 1 amide bonds. The van der Waals surface area contributed by atoms with Crippen LogP contribution in [0.5, 0.6) is 0 Å². The first kappa shape index (κ1) is 18.9. The number of hydrogen-bond donors (Lipinski definition) is 1. The molecule has 4 heteroatoms. The molecule has 1 aromatic heterocycles. The van der Waals surface area contributed by atoms with Crippen LogP contribution >= 0.6 is 0 Å². The molecule has 4 aliphatic rings. The summed E-state index contributed by atoms with van der Waals surface area (Å²) >= 11 is 0. The van der Waals surface area contributed by atoms with Gasteiger partial charge in [-0.2, -0.15) is 5.10 Å². The summed E-state index contributed by atoms with van der Waals surface area (Å²) in [5.74, 6) is 2.88. The number of rotatable bonds is 5. The van der Waals surface area contributed by atoms with E-state index in [1.807, 2.05) is 29.8 Å². The van der Waals surface area contributed by atoms with Crippen LogP contribution in [0.1, 0.15) is 62.4 Å². The monoisotopic (exact) mass is 391 g/mol. The van der Waals surface area contributed by atoms with Crippen molar-refractivity contribution in [3.05, 3.63) is 47.3 Å². The third-order valence-corrected chi connectivity index (χ3v) is 8.16. The fourth-order valence-corrected chi connectivity index (χ4v) is 7.07. The zero-order valence-corrected chi connectivity index (χ0v) is 17.9. The first-order chi connectivity index (χ1) is 13.9. The van der Waals surface area contributed by atoms with Crippen molar-refractivity contribution < 1.29 is 4.79 Å². The lowest BCUT2D eigenvalue weighted by atomic mass is 9.48. The molecule has 154 valence electrons. The zero-order valence-electron chi connectivity index (χ0n) is 17.9. The maximum absolute atomic E-state index is 13.0. The normalized spacial score (nSPS) is 31.1. The highest BCUT2D eigenvalue weighted by Crippen LogP contribution is 2.61. The highest BCUT2D eigenvalue weighted by Gasteiger charge is 2.53. The van der Waals surface area contributed by atoms with Gasteiger partial charge in [0.25, 0.3) is 0 Å². The van der Waals surface area contributed by atoms with Crippen molar-refractivity contribution in [2.45, 2.75) is 71.8 Å². The van der Waals surface area contributed by atoms with E-state index in [4.69, 9.17) is 5.10 Å². The molecule has 0 unspecified atom stereocenters. The van der Waals surface area contributed by atoms with Gasteiger partial charge in [0, 0.05) is 17.3 Å². The smallest absolute Gasteiger partial charge is 0.224 e. The summed E-state index contributed by atoms with van der Waals surface area (Å²) in [5, 5.41) is 8.12. The van der Waals surface area contributed by atoms with Crippen LogP contribution in [0, 0.1) is 37.0 Å². The zero-order chi connectivity index (χ0) is 20.2. The summed E-state index contributed by atoms with van der Waals surface area (Å²) < 4.78 is 1.96. The second kappa shape index (κ2) is 7.00. The number of nitrogens with one attached hydrogen (secondary N) is 1. The Bertz CT molecular complexity index is 878. The topological polar surface area (TPSA) is 46.9 Å². The number of amides is 1. The Morgan fingerprint density at radius 3 is 2.28 bits per heavy atom. The largest absolute Gasteiger partial charge is 0.353 e. The minimum absolute atomic E-state index is 0.145. The number of aryl methyl sites for hydroxylation is 1. The average Bonchev–Trinajstić information content (AvgIpc) is 2.96. The fraction of sp³-hybridized carbons (Fsp3) is 0.600. The van der Waals surface area contributed by atoms with Crippen LogP contribution in [0.15, 0.2) is 30.3 Å². The van der Waals surface area contributed by atoms with Gasteiger partial charge in [-0.3, -0.25) is 4.79 Å². The van der Waals surface area contributed by atoms with Crippen LogP contribution in [0.2, 0.25) is 0 Å². The molecule has 4 saturated carbocycles. The summed E-state index contributed by atoms with van der Waals surface area (Å²) in [5.41, 5.74) is 4.46. The van der Waals surface area contributed by atoms with E-state index in [-0.39, 0.29) is 11.9 Å². The summed E-state index contributed by atoms with van der Waals surface area (Å²) in [6, 6.07) is 10.4. The van der Waals surface area contributed by atoms with E-state index in [9.17, 15) is 4.79 Å². The summed E-state index contributed by atoms with van der Waals surface area (Å²) in [7, 11) is 0. The van der Waals surface area contributed by atoms with Crippen LogP contribution in [0.4, 0.5) is 0 Å². The molecule has 0 saturated heterocycles. The second-order valence-corrected chi connectivity index (χ2v) is 10.1. The highest BCUT2D eigenvalue weighted by molar-refractivity contribution is 5.79. The minimum Gasteiger partial charge on any atom is -0.353 e. The van der Waals surface area contributed by atoms with Crippen molar-refractivity contribution in [2.24, 2.45) is 23.2 Å². The lowest BCUT2D eigenvalue weighted by Gasteiger charge is -2.59. The maximum atomic E-state index is 13.0. The van der Waals surface area contributed by atoms with E-state index >= 15 is 0 Å². The van der Waals surface area contributed by atoms with E-state index in [1.165, 1.54) is 38.5 Å². The van der Waals surface area contributed by atoms with Gasteiger partial charge in [-0.1, -0.05) is 18.2 Å². The van der Waals surface area contributed by atoms with Crippen molar-refractivity contribution in [2.75, 3.05) is 0 Å². The molecule has 4 nitrogen and oxygen atoms in total. The standard InChI is InChI=1S/C25H33N3O/c1-16-23(17(2)28(27-16)22-7-5-4-6-8-22)12-24(29)26-18(3)25-13-19-9-20(14-25)11-21(10-19)15-25/h4-8,18-21H,9-15H2,1-3H3,(H,26,29)/t18-,19?,20?,21?,25?/m1/s1. The molecule has 4 bridgehead atoms. The predicted octanol–water partition coefficient (Wildman–Crippen LogP) is 4.75. The number of carbonyl (C=O) groups is 1. The van der Waals surface area contributed by atoms with Crippen LogP contribution in [0.3, 0.4) is 0 Å². The molecule has 0 spiro atoms. The van der Waals surface area contributed by atoms with Gasteiger partial charge < -0.3 is 5.32 Å². The molecule has 6 rings (SSSR count).